The minimum atomic E-state index is -0.307. The highest BCUT2D eigenvalue weighted by Gasteiger charge is 2.22. The van der Waals surface area contributed by atoms with Gasteiger partial charge in [0.2, 0.25) is 0 Å². The maximum absolute atomic E-state index is 13.3. The zero-order valence-corrected chi connectivity index (χ0v) is 17.0. The molecule has 1 aliphatic heterocycles. The van der Waals surface area contributed by atoms with Gasteiger partial charge in [-0.05, 0) is 63.2 Å². The number of nitrogens with zero attached hydrogens (tertiary/aromatic N) is 2. The molecule has 0 saturated carbocycles. The fourth-order valence-corrected chi connectivity index (χ4v) is 3.50. The number of amides is 1. The number of hydrogen-bond donors (Lipinski definition) is 2. The molecular weight excluding hydrogens is 391 g/mol. The van der Waals surface area contributed by atoms with Crippen molar-refractivity contribution in [2.24, 2.45) is 0 Å². The molecule has 2 heterocycles. The van der Waals surface area contributed by atoms with Gasteiger partial charge >= 0.3 is 0 Å². The zero-order chi connectivity index (χ0) is 19.5. The van der Waals surface area contributed by atoms with Crippen molar-refractivity contribution in [1.29, 1.82) is 0 Å². The average Bonchev–Trinajstić information content (AvgIpc) is 3.15. The van der Waals surface area contributed by atoms with Crippen LogP contribution in [0, 0.1) is 12.7 Å². The summed E-state index contributed by atoms with van der Waals surface area (Å²) in [5.74, 6) is -0.435. The first kappa shape index (κ1) is 21.0. The van der Waals surface area contributed by atoms with E-state index in [1.54, 1.807) is 23.0 Å². The van der Waals surface area contributed by atoms with Gasteiger partial charge in [-0.2, -0.15) is 5.10 Å². The maximum Gasteiger partial charge on any atom is 0.255 e. The van der Waals surface area contributed by atoms with Crippen molar-refractivity contribution in [2.75, 3.05) is 13.1 Å². The number of benzene rings is 2. The summed E-state index contributed by atoms with van der Waals surface area (Å²) in [6.07, 6.45) is 3.55. The normalized spacial score (nSPS) is 14.3. The van der Waals surface area contributed by atoms with Crippen molar-refractivity contribution in [3.05, 3.63) is 71.7 Å². The van der Waals surface area contributed by atoms with Gasteiger partial charge in [-0.15, -0.1) is 12.4 Å². The number of rotatable bonds is 4. The minimum Gasteiger partial charge on any atom is -0.349 e. The molecule has 152 valence electrons. The van der Waals surface area contributed by atoms with Crippen molar-refractivity contribution in [3.63, 3.8) is 0 Å². The van der Waals surface area contributed by atoms with Crippen molar-refractivity contribution in [1.82, 2.24) is 20.4 Å². The van der Waals surface area contributed by atoms with Gasteiger partial charge in [0.25, 0.3) is 5.91 Å². The number of halogens is 2. The van der Waals surface area contributed by atoms with E-state index in [1.165, 1.54) is 12.1 Å². The molecule has 2 N–H and O–H groups in total. The summed E-state index contributed by atoms with van der Waals surface area (Å²) in [4.78, 5) is 13.0. The number of aromatic nitrogens is 2. The fraction of sp³-hybridized carbons (Fsp3) is 0.273. The van der Waals surface area contributed by atoms with Crippen molar-refractivity contribution >= 4 is 18.3 Å². The Hall–Kier alpha value is -2.70. The van der Waals surface area contributed by atoms with E-state index in [1.807, 2.05) is 31.2 Å². The Morgan fingerprint density at radius 2 is 1.90 bits per heavy atom. The van der Waals surface area contributed by atoms with Crippen LogP contribution < -0.4 is 10.6 Å². The number of aryl methyl sites for hydroxylation is 1. The largest absolute Gasteiger partial charge is 0.349 e. The second kappa shape index (κ2) is 9.20. The van der Waals surface area contributed by atoms with Gasteiger partial charge in [0.1, 0.15) is 11.5 Å². The molecule has 2 aromatic carbocycles. The van der Waals surface area contributed by atoms with Crippen LogP contribution in [-0.2, 0) is 0 Å². The molecule has 0 atom stereocenters. The topological polar surface area (TPSA) is 59.0 Å². The van der Waals surface area contributed by atoms with Crippen molar-refractivity contribution < 1.29 is 9.18 Å². The molecule has 1 saturated heterocycles. The van der Waals surface area contributed by atoms with Crippen LogP contribution in [0.2, 0.25) is 0 Å². The van der Waals surface area contributed by atoms with Crippen LogP contribution in [0.3, 0.4) is 0 Å². The summed E-state index contributed by atoms with van der Waals surface area (Å²) < 4.78 is 14.9. The lowest BCUT2D eigenvalue weighted by molar-refractivity contribution is 0.0930. The van der Waals surface area contributed by atoms with Gasteiger partial charge in [-0.3, -0.25) is 4.79 Å². The predicted molar refractivity (Wildman–Crippen MR) is 114 cm³/mol. The molecule has 1 aliphatic rings. The fourth-order valence-electron chi connectivity index (χ4n) is 3.50. The lowest BCUT2D eigenvalue weighted by Crippen LogP contribution is -2.42. The van der Waals surface area contributed by atoms with Gasteiger partial charge in [0.15, 0.2) is 0 Å². The number of hydrogen-bond acceptors (Lipinski definition) is 3. The molecule has 0 spiro atoms. The molecule has 0 bridgehead atoms. The minimum absolute atomic E-state index is 0. The smallest absolute Gasteiger partial charge is 0.255 e. The molecule has 1 aromatic heterocycles. The summed E-state index contributed by atoms with van der Waals surface area (Å²) in [6.45, 7) is 3.82. The second-order valence-corrected chi connectivity index (χ2v) is 7.18. The molecule has 7 heteroatoms. The highest BCUT2D eigenvalue weighted by molar-refractivity contribution is 6.00. The standard InChI is InChI=1S/C22H23FN4O.ClH/c1-15-3-2-4-16(13-15)21-20(22(28)25-18-9-11-24-12-10-18)14-27(26-21)19-7-5-17(23)6-8-19;/h2-8,13-14,18,24H,9-12H2,1H3,(H,25,28);1H. The number of nitrogens with one attached hydrogen (secondary N) is 2. The first-order valence-corrected chi connectivity index (χ1v) is 9.54. The number of piperidine rings is 1. The van der Waals surface area contributed by atoms with E-state index in [9.17, 15) is 9.18 Å². The Balaban J connectivity index is 0.00000240. The van der Waals surface area contributed by atoms with Crippen LogP contribution in [0.15, 0.2) is 54.7 Å². The van der Waals surface area contributed by atoms with Crippen LogP contribution in [0.4, 0.5) is 4.39 Å². The third kappa shape index (κ3) is 4.83. The molecule has 29 heavy (non-hydrogen) atoms. The maximum atomic E-state index is 13.3. The van der Waals surface area contributed by atoms with Gasteiger partial charge < -0.3 is 10.6 Å². The third-order valence-corrected chi connectivity index (χ3v) is 5.02. The van der Waals surface area contributed by atoms with Crippen molar-refractivity contribution in [2.45, 2.75) is 25.8 Å². The molecule has 1 amide bonds. The van der Waals surface area contributed by atoms with Gasteiger partial charge in [-0.25, -0.2) is 9.07 Å². The van der Waals surface area contributed by atoms with E-state index >= 15 is 0 Å². The summed E-state index contributed by atoms with van der Waals surface area (Å²) in [6, 6.07) is 14.2. The third-order valence-electron chi connectivity index (χ3n) is 5.02. The monoisotopic (exact) mass is 414 g/mol. The van der Waals surface area contributed by atoms with Crippen LogP contribution in [0.1, 0.15) is 28.8 Å². The average molecular weight is 415 g/mol. The zero-order valence-electron chi connectivity index (χ0n) is 16.2. The Morgan fingerprint density at radius 3 is 2.59 bits per heavy atom. The molecule has 5 nitrogen and oxygen atoms in total. The SMILES string of the molecule is Cc1cccc(-c2nn(-c3ccc(F)cc3)cc2C(=O)NC2CCNCC2)c1.Cl. The van der Waals surface area contributed by atoms with E-state index in [-0.39, 0.29) is 30.2 Å². The Kier molecular flexibility index (Phi) is 6.67. The summed E-state index contributed by atoms with van der Waals surface area (Å²) in [5, 5.41) is 11.1. The summed E-state index contributed by atoms with van der Waals surface area (Å²) >= 11 is 0. The van der Waals surface area contributed by atoms with E-state index in [2.05, 4.69) is 15.7 Å². The first-order chi connectivity index (χ1) is 13.6. The Morgan fingerprint density at radius 1 is 1.17 bits per heavy atom. The number of carbonyl (C=O) groups is 1. The lowest BCUT2D eigenvalue weighted by Gasteiger charge is -2.23. The molecule has 0 unspecified atom stereocenters. The van der Waals surface area contributed by atoms with E-state index in [0.29, 0.717) is 16.9 Å². The second-order valence-electron chi connectivity index (χ2n) is 7.18. The van der Waals surface area contributed by atoms with Crippen LogP contribution in [0.25, 0.3) is 16.9 Å². The first-order valence-electron chi connectivity index (χ1n) is 9.54. The Bertz CT molecular complexity index is 981. The molecule has 3 aromatic rings. The quantitative estimate of drug-likeness (QED) is 0.681. The van der Waals surface area contributed by atoms with E-state index in [0.717, 1.165) is 37.1 Å². The molecule has 0 radical (unpaired) electrons. The number of carbonyl (C=O) groups excluding carboxylic acids is 1. The lowest BCUT2D eigenvalue weighted by atomic mass is 10.0. The molecule has 4 rings (SSSR count). The highest BCUT2D eigenvalue weighted by atomic mass is 35.5. The van der Waals surface area contributed by atoms with Gasteiger partial charge in [0.05, 0.1) is 11.3 Å². The molecular formula is C22H24ClFN4O. The molecule has 0 aliphatic carbocycles. The predicted octanol–water partition coefficient (Wildman–Crippen LogP) is 3.89. The van der Waals surface area contributed by atoms with E-state index in [4.69, 9.17) is 0 Å². The van der Waals surface area contributed by atoms with E-state index < -0.39 is 0 Å². The summed E-state index contributed by atoms with van der Waals surface area (Å²) in [7, 11) is 0. The molecule has 1 fully saturated rings. The highest BCUT2D eigenvalue weighted by Crippen LogP contribution is 2.25. The van der Waals surface area contributed by atoms with Gasteiger partial charge in [0, 0.05) is 17.8 Å². The van der Waals surface area contributed by atoms with Crippen LogP contribution in [0.5, 0.6) is 0 Å². The van der Waals surface area contributed by atoms with Crippen molar-refractivity contribution in [3.8, 4) is 16.9 Å². The van der Waals surface area contributed by atoms with Gasteiger partial charge in [-0.1, -0.05) is 23.8 Å². The van der Waals surface area contributed by atoms with Crippen LogP contribution >= 0.6 is 12.4 Å². The summed E-state index contributed by atoms with van der Waals surface area (Å²) in [5.41, 5.74) is 3.83. The Labute approximate surface area is 175 Å². The van der Waals surface area contributed by atoms with Crippen LogP contribution in [-0.4, -0.2) is 34.8 Å².